The number of phenols is 2. The predicted octanol–water partition coefficient (Wildman–Crippen LogP) is 1.48. The van der Waals surface area contributed by atoms with E-state index in [2.05, 4.69) is 5.32 Å². The van der Waals surface area contributed by atoms with E-state index in [0.29, 0.717) is 12.1 Å². The van der Waals surface area contributed by atoms with E-state index in [1.165, 1.54) is 12.1 Å². The average Bonchev–Trinajstić information content (AvgIpc) is 1.99. The van der Waals surface area contributed by atoms with Gasteiger partial charge in [0, 0.05) is 24.6 Å². The molecular formula is C10H11NO3. The number of anilines is 1. The summed E-state index contributed by atoms with van der Waals surface area (Å²) < 4.78 is 0. The van der Waals surface area contributed by atoms with E-state index < -0.39 is 0 Å². The molecule has 1 heterocycles. The van der Waals surface area contributed by atoms with Crippen LogP contribution in [-0.2, 0) is 0 Å². The van der Waals surface area contributed by atoms with Crippen molar-refractivity contribution in [3.63, 3.8) is 0 Å². The van der Waals surface area contributed by atoms with E-state index in [4.69, 9.17) is 0 Å². The van der Waals surface area contributed by atoms with Crippen LogP contribution in [0.25, 0.3) is 0 Å². The third kappa shape index (κ3) is 1.28. The van der Waals surface area contributed by atoms with Gasteiger partial charge in [0.25, 0.3) is 0 Å². The van der Waals surface area contributed by atoms with Crippen LogP contribution >= 0.6 is 0 Å². The molecular weight excluding hydrogens is 182 g/mol. The summed E-state index contributed by atoms with van der Waals surface area (Å²) in [7, 11) is 0. The minimum Gasteiger partial charge on any atom is -0.508 e. The second-order valence-electron chi connectivity index (χ2n) is 3.56. The predicted molar refractivity (Wildman–Crippen MR) is 51.8 cm³/mol. The highest BCUT2D eigenvalue weighted by molar-refractivity contribution is 6.06. The number of carbonyl (C=O) groups excluding carboxylic acids is 1. The Morgan fingerprint density at radius 1 is 1.43 bits per heavy atom. The van der Waals surface area contributed by atoms with Crippen molar-refractivity contribution in [3.8, 4) is 11.5 Å². The van der Waals surface area contributed by atoms with Crippen LogP contribution in [0.4, 0.5) is 5.69 Å². The molecule has 0 fully saturated rings. The maximum absolute atomic E-state index is 11.5. The maximum atomic E-state index is 11.5. The maximum Gasteiger partial charge on any atom is 0.170 e. The number of ketones is 1. The zero-order chi connectivity index (χ0) is 10.3. The number of Topliss-reactive ketones (excluding diaryl/α,β-unsaturated/α-hetero) is 1. The molecule has 1 aromatic rings. The summed E-state index contributed by atoms with van der Waals surface area (Å²) in [5, 5.41) is 21.7. The summed E-state index contributed by atoms with van der Waals surface area (Å²) in [5.74, 6) is -0.302. The second kappa shape index (κ2) is 2.90. The molecule has 14 heavy (non-hydrogen) atoms. The summed E-state index contributed by atoms with van der Waals surface area (Å²) in [6.07, 6.45) is 0.366. The molecule has 0 unspecified atom stereocenters. The number of aromatic hydroxyl groups is 2. The highest BCUT2D eigenvalue weighted by Gasteiger charge is 2.25. The fourth-order valence-electron chi connectivity index (χ4n) is 1.72. The van der Waals surface area contributed by atoms with Crippen molar-refractivity contribution in [2.45, 2.75) is 19.4 Å². The van der Waals surface area contributed by atoms with Crippen molar-refractivity contribution in [1.29, 1.82) is 0 Å². The molecule has 0 bridgehead atoms. The zero-order valence-electron chi connectivity index (χ0n) is 7.74. The van der Waals surface area contributed by atoms with E-state index in [1.54, 1.807) is 0 Å². The molecule has 1 aromatic carbocycles. The van der Waals surface area contributed by atoms with Gasteiger partial charge in [0.15, 0.2) is 5.78 Å². The topological polar surface area (TPSA) is 69.6 Å². The Hall–Kier alpha value is -1.71. The SMILES string of the molecule is C[C@@H]1CC(=O)c2c(O)cc(O)cc2N1. The van der Waals surface area contributed by atoms with Crippen molar-refractivity contribution in [3.05, 3.63) is 17.7 Å². The summed E-state index contributed by atoms with van der Waals surface area (Å²) >= 11 is 0. The number of hydrogen-bond donors (Lipinski definition) is 3. The lowest BCUT2D eigenvalue weighted by Crippen LogP contribution is -2.26. The van der Waals surface area contributed by atoms with Crippen molar-refractivity contribution < 1.29 is 15.0 Å². The fraction of sp³-hybridized carbons (Fsp3) is 0.300. The molecule has 0 spiro atoms. The van der Waals surface area contributed by atoms with Gasteiger partial charge in [-0.05, 0) is 6.92 Å². The van der Waals surface area contributed by atoms with Gasteiger partial charge >= 0.3 is 0 Å². The highest BCUT2D eigenvalue weighted by Crippen LogP contribution is 2.35. The first-order valence-corrected chi connectivity index (χ1v) is 4.43. The molecule has 3 N–H and O–H groups in total. The van der Waals surface area contributed by atoms with Crippen molar-refractivity contribution in [2.75, 3.05) is 5.32 Å². The van der Waals surface area contributed by atoms with Crippen LogP contribution in [0, 0.1) is 0 Å². The van der Waals surface area contributed by atoms with Crippen LogP contribution in [0.15, 0.2) is 12.1 Å². The lowest BCUT2D eigenvalue weighted by molar-refractivity contribution is 0.0972. The highest BCUT2D eigenvalue weighted by atomic mass is 16.3. The van der Waals surface area contributed by atoms with Crippen LogP contribution in [0.5, 0.6) is 11.5 Å². The van der Waals surface area contributed by atoms with E-state index in [1.807, 2.05) is 6.92 Å². The Balaban J connectivity index is 2.59. The molecule has 0 aromatic heterocycles. The number of phenolic OH excluding ortho intramolecular Hbond substituents is 2. The van der Waals surface area contributed by atoms with Crippen LogP contribution < -0.4 is 5.32 Å². The molecule has 0 radical (unpaired) electrons. The largest absolute Gasteiger partial charge is 0.508 e. The molecule has 0 saturated heterocycles. The first-order chi connectivity index (χ1) is 6.58. The third-order valence-electron chi connectivity index (χ3n) is 2.27. The van der Waals surface area contributed by atoms with Gasteiger partial charge in [0.05, 0.1) is 11.3 Å². The minimum atomic E-state index is -0.163. The quantitative estimate of drug-likeness (QED) is 0.583. The summed E-state index contributed by atoms with van der Waals surface area (Å²) in [4.78, 5) is 11.5. The molecule has 1 aliphatic heterocycles. The molecule has 2 rings (SSSR count). The second-order valence-corrected chi connectivity index (χ2v) is 3.56. The van der Waals surface area contributed by atoms with Gasteiger partial charge in [0.2, 0.25) is 0 Å². The van der Waals surface area contributed by atoms with Crippen LogP contribution in [0.1, 0.15) is 23.7 Å². The van der Waals surface area contributed by atoms with Gasteiger partial charge in [0.1, 0.15) is 11.5 Å². The Labute approximate surface area is 81.2 Å². The van der Waals surface area contributed by atoms with Crippen LogP contribution in [-0.4, -0.2) is 22.0 Å². The molecule has 1 atom stereocenters. The number of benzene rings is 1. The first-order valence-electron chi connectivity index (χ1n) is 4.43. The summed E-state index contributed by atoms with van der Waals surface area (Å²) in [6.45, 7) is 1.88. The molecule has 0 saturated carbocycles. The van der Waals surface area contributed by atoms with Crippen molar-refractivity contribution in [1.82, 2.24) is 0 Å². The molecule has 0 aliphatic carbocycles. The lowest BCUT2D eigenvalue weighted by Gasteiger charge is -2.23. The van der Waals surface area contributed by atoms with Gasteiger partial charge in [-0.2, -0.15) is 0 Å². The van der Waals surface area contributed by atoms with E-state index in [-0.39, 0.29) is 28.9 Å². The molecule has 74 valence electrons. The van der Waals surface area contributed by atoms with E-state index in [9.17, 15) is 15.0 Å². The van der Waals surface area contributed by atoms with Gasteiger partial charge in [-0.3, -0.25) is 4.79 Å². The Bertz CT molecular complexity index is 401. The Morgan fingerprint density at radius 3 is 2.86 bits per heavy atom. The lowest BCUT2D eigenvalue weighted by atomic mass is 9.96. The average molecular weight is 193 g/mol. The first kappa shape index (κ1) is 8.87. The van der Waals surface area contributed by atoms with Gasteiger partial charge in [-0.25, -0.2) is 0 Å². The zero-order valence-corrected chi connectivity index (χ0v) is 7.74. The Morgan fingerprint density at radius 2 is 2.14 bits per heavy atom. The fourth-order valence-corrected chi connectivity index (χ4v) is 1.72. The summed E-state index contributed by atoms with van der Waals surface area (Å²) in [6, 6.07) is 2.66. The van der Waals surface area contributed by atoms with Crippen LogP contribution in [0.2, 0.25) is 0 Å². The number of fused-ring (bicyclic) bond motifs is 1. The van der Waals surface area contributed by atoms with Gasteiger partial charge in [-0.15, -0.1) is 0 Å². The summed E-state index contributed by atoms with van der Waals surface area (Å²) in [5.41, 5.74) is 0.784. The van der Waals surface area contributed by atoms with Crippen LogP contribution in [0.3, 0.4) is 0 Å². The molecule has 1 aliphatic rings. The number of nitrogens with one attached hydrogen (secondary N) is 1. The third-order valence-corrected chi connectivity index (χ3v) is 2.27. The number of hydrogen-bond acceptors (Lipinski definition) is 4. The number of carbonyl (C=O) groups is 1. The Kier molecular flexibility index (Phi) is 1.84. The van der Waals surface area contributed by atoms with Crippen molar-refractivity contribution >= 4 is 11.5 Å². The standard InChI is InChI=1S/C10H11NO3/c1-5-2-8(13)10-7(11-5)3-6(12)4-9(10)14/h3-5,11-12,14H,2H2,1H3/t5-/m1/s1. The molecule has 4 nitrogen and oxygen atoms in total. The van der Waals surface area contributed by atoms with Gasteiger partial charge < -0.3 is 15.5 Å². The van der Waals surface area contributed by atoms with Crippen molar-refractivity contribution in [2.24, 2.45) is 0 Å². The van der Waals surface area contributed by atoms with E-state index >= 15 is 0 Å². The van der Waals surface area contributed by atoms with Gasteiger partial charge in [-0.1, -0.05) is 0 Å². The molecule has 4 heteroatoms. The minimum absolute atomic E-state index is 0.0381. The van der Waals surface area contributed by atoms with E-state index in [0.717, 1.165) is 0 Å². The molecule has 0 amide bonds. The number of rotatable bonds is 0. The monoisotopic (exact) mass is 193 g/mol. The normalized spacial score (nSPS) is 20.1. The smallest absolute Gasteiger partial charge is 0.170 e.